The van der Waals surface area contributed by atoms with Gasteiger partial charge in [-0.1, -0.05) is 6.07 Å². The van der Waals surface area contributed by atoms with Crippen LogP contribution in [0.1, 0.15) is 60.9 Å². The standard InChI is InChI=1S/C33H31F7N4O2S/c1-17-10-22(34)6-7-24(17)28-27(25(14-41)30(47-28)44-9-8-23(16-44)43-29(46)18-4-5-18)42-15-26(45)31(2,3)19-11-20(32(35,36)37)13-21(12-19)33(38,39)40/h6-7,10-13,18,23,42H,4-5,8-9,15-16H2,1-3H3,(H,43,46)/t23-/m1/s1. The lowest BCUT2D eigenvalue weighted by atomic mass is 9.79. The van der Waals surface area contributed by atoms with Crippen LogP contribution in [-0.2, 0) is 27.4 Å². The van der Waals surface area contributed by atoms with Crippen molar-refractivity contribution < 1.29 is 40.3 Å². The van der Waals surface area contributed by atoms with Crippen LogP contribution in [0.25, 0.3) is 10.4 Å². The molecule has 0 radical (unpaired) electrons. The fourth-order valence-corrected chi connectivity index (χ4v) is 6.93. The molecule has 1 amide bonds. The van der Waals surface area contributed by atoms with Crippen molar-refractivity contribution in [2.45, 2.75) is 63.8 Å². The average Bonchev–Trinajstić information content (AvgIpc) is 3.64. The minimum Gasteiger partial charge on any atom is -0.376 e. The number of carbonyl (C=O) groups is 2. The number of benzene rings is 2. The monoisotopic (exact) mass is 680 g/mol. The van der Waals surface area contributed by atoms with E-state index in [0.29, 0.717) is 52.6 Å². The van der Waals surface area contributed by atoms with Crippen LogP contribution in [0, 0.1) is 30.0 Å². The molecule has 250 valence electrons. The number of thiophene rings is 1. The van der Waals surface area contributed by atoms with Gasteiger partial charge in [-0.15, -0.1) is 11.3 Å². The first-order valence-corrected chi connectivity index (χ1v) is 15.7. The lowest BCUT2D eigenvalue weighted by Crippen LogP contribution is -2.37. The second kappa shape index (κ2) is 12.5. The predicted octanol–water partition coefficient (Wildman–Crippen LogP) is 7.84. The molecule has 1 aliphatic heterocycles. The zero-order chi connectivity index (χ0) is 34.5. The third-order valence-electron chi connectivity index (χ3n) is 8.64. The normalized spacial score (nSPS) is 17.0. The molecular formula is C33H31F7N4O2S. The van der Waals surface area contributed by atoms with E-state index in [1.165, 1.54) is 43.4 Å². The van der Waals surface area contributed by atoms with Gasteiger partial charge in [0.15, 0.2) is 5.78 Å². The Hall–Kier alpha value is -4.12. The topological polar surface area (TPSA) is 85.2 Å². The van der Waals surface area contributed by atoms with Gasteiger partial charge >= 0.3 is 12.4 Å². The highest BCUT2D eigenvalue weighted by Gasteiger charge is 2.40. The summed E-state index contributed by atoms with van der Waals surface area (Å²) in [5, 5.41) is 16.9. The van der Waals surface area contributed by atoms with Crippen molar-refractivity contribution in [1.82, 2.24) is 5.32 Å². The molecule has 0 unspecified atom stereocenters. The van der Waals surface area contributed by atoms with Crippen LogP contribution in [0.2, 0.25) is 0 Å². The van der Waals surface area contributed by atoms with Crippen LogP contribution < -0.4 is 15.5 Å². The van der Waals surface area contributed by atoms with E-state index in [0.717, 1.165) is 12.8 Å². The molecule has 1 aromatic heterocycles. The summed E-state index contributed by atoms with van der Waals surface area (Å²) in [6, 6.07) is 7.20. The molecule has 2 heterocycles. The first-order valence-electron chi connectivity index (χ1n) is 14.9. The number of nitrogens with zero attached hydrogens (tertiary/aromatic N) is 2. The van der Waals surface area contributed by atoms with E-state index in [9.17, 15) is 45.6 Å². The summed E-state index contributed by atoms with van der Waals surface area (Å²) < 4.78 is 95.4. The Kier molecular flexibility index (Phi) is 9.09. The van der Waals surface area contributed by atoms with E-state index >= 15 is 0 Å². The van der Waals surface area contributed by atoms with E-state index in [4.69, 9.17) is 0 Å². The van der Waals surface area contributed by atoms with Crippen molar-refractivity contribution in [3.63, 3.8) is 0 Å². The molecule has 0 spiro atoms. The molecule has 1 atom stereocenters. The number of halogens is 7. The van der Waals surface area contributed by atoms with Crippen molar-refractivity contribution in [2.24, 2.45) is 5.92 Å². The third kappa shape index (κ3) is 7.25. The molecule has 0 bridgehead atoms. The number of hydrogen-bond donors (Lipinski definition) is 2. The number of Topliss-reactive ketones (excluding diaryl/α,β-unsaturated/α-hetero) is 1. The Morgan fingerprint density at radius 2 is 1.60 bits per heavy atom. The van der Waals surface area contributed by atoms with Gasteiger partial charge in [-0.3, -0.25) is 9.59 Å². The molecule has 2 aromatic carbocycles. The van der Waals surface area contributed by atoms with Gasteiger partial charge in [-0.25, -0.2) is 4.39 Å². The van der Waals surface area contributed by atoms with Crippen molar-refractivity contribution in [3.05, 3.63) is 70.0 Å². The van der Waals surface area contributed by atoms with Crippen LogP contribution >= 0.6 is 11.3 Å². The van der Waals surface area contributed by atoms with E-state index in [1.807, 2.05) is 4.90 Å². The predicted molar refractivity (Wildman–Crippen MR) is 164 cm³/mol. The zero-order valence-electron chi connectivity index (χ0n) is 25.6. The molecular weight excluding hydrogens is 649 g/mol. The quantitative estimate of drug-likeness (QED) is 0.225. The molecule has 5 rings (SSSR count). The maximum Gasteiger partial charge on any atom is 0.416 e. The maximum absolute atomic E-state index is 14.0. The van der Waals surface area contributed by atoms with Crippen molar-refractivity contribution in [3.8, 4) is 16.5 Å². The van der Waals surface area contributed by atoms with E-state index in [1.54, 1.807) is 6.92 Å². The average molecular weight is 681 g/mol. The Balaban J connectivity index is 1.47. The number of aryl methyl sites for hydroxylation is 1. The van der Waals surface area contributed by atoms with Gasteiger partial charge in [0.1, 0.15) is 22.5 Å². The van der Waals surface area contributed by atoms with E-state index in [-0.39, 0.29) is 35.2 Å². The number of nitriles is 1. The molecule has 2 N–H and O–H groups in total. The van der Waals surface area contributed by atoms with Gasteiger partial charge in [-0.05, 0) is 87.1 Å². The van der Waals surface area contributed by atoms with Crippen LogP contribution in [0.15, 0.2) is 36.4 Å². The molecule has 47 heavy (non-hydrogen) atoms. The summed E-state index contributed by atoms with van der Waals surface area (Å²) in [7, 11) is 0. The Morgan fingerprint density at radius 1 is 0.979 bits per heavy atom. The van der Waals surface area contributed by atoms with Crippen molar-refractivity contribution >= 4 is 33.7 Å². The van der Waals surface area contributed by atoms with E-state index in [2.05, 4.69) is 16.7 Å². The Morgan fingerprint density at radius 3 is 2.15 bits per heavy atom. The molecule has 14 heteroatoms. The Bertz CT molecular complexity index is 1720. The van der Waals surface area contributed by atoms with Crippen LogP contribution in [-0.4, -0.2) is 37.4 Å². The number of rotatable bonds is 9. The first-order chi connectivity index (χ1) is 21.9. The maximum atomic E-state index is 14.0. The summed E-state index contributed by atoms with van der Waals surface area (Å²) >= 11 is 1.23. The fourth-order valence-electron chi connectivity index (χ4n) is 5.58. The summed E-state index contributed by atoms with van der Waals surface area (Å²) in [5.74, 6) is -1.18. The fraction of sp³-hybridized carbons (Fsp3) is 0.424. The largest absolute Gasteiger partial charge is 0.416 e. The number of carbonyl (C=O) groups excluding carboxylic acids is 2. The first kappa shape index (κ1) is 34.2. The van der Waals surface area contributed by atoms with Crippen LogP contribution in [0.5, 0.6) is 0 Å². The molecule has 1 saturated heterocycles. The molecule has 2 fully saturated rings. The SMILES string of the molecule is Cc1cc(F)ccc1-c1sc(N2CC[C@@H](NC(=O)C3CC3)C2)c(C#N)c1NCC(=O)C(C)(C)c1cc(C(F)(F)F)cc(C(F)(F)F)c1. The molecule has 3 aromatic rings. The minimum absolute atomic E-state index is 0.00207. The number of nitrogens with one attached hydrogen (secondary N) is 2. The number of ketones is 1. The highest BCUT2D eigenvalue weighted by molar-refractivity contribution is 7.20. The second-order valence-electron chi connectivity index (χ2n) is 12.5. The Labute approximate surface area is 270 Å². The number of anilines is 2. The highest BCUT2D eigenvalue weighted by atomic mass is 32.1. The van der Waals surface area contributed by atoms with Gasteiger partial charge in [0.2, 0.25) is 5.91 Å². The lowest BCUT2D eigenvalue weighted by molar-refractivity contribution is -0.143. The van der Waals surface area contributed by atoms with E-state index < -0.39 is 52.6 Å². The van der Waals surface area contributed by atoms with Crippen molar-refractivity contribution in [1.29, 1.82) is 5.26 Å². The van der Waals surface area contributed by atoms with Gasteiger partial charge in [0, 0.05) is 25.0 Å². The van der Waals surface area contributed by atoms with Gasteiger partial charge < -0.3 is 15.5 Å². The molecule has 6 nitrogen and oxygen atoms in total. The number of amides is 1. The lowest BCUT2D eigenvalue weighted by Gasteiger charge is -2.26. The number of alkyl halides is 6. The summed E-state index contributed by atoms with van der Waals surface area (Å²) in [6.07, 6.45) is -7.82. The van der Waals surface area contributed by atoms with Crippen LogP contribution in [0.4, 0.5) is 41.4 Å². The van der Waals surface area contributed by atoms with Gasteiger partial charge in [0.05, 0.1) is 33.7 Å². The minimum atomic E-state index is -5.08. The zero-order valence-corrected chi connectivity index (χ0v) is 26.4. The third-order valence-corrected chi connectivity index (χ3v) is 9.92. The summed E-state index contributed by atoms with van der Waals surface area (Å²) in [6.45, 7) is 4.56. The summed E-state index contributed by atoms with van der Waals surface area (Å²) in [5.41, 5.74) is -3.81. The van der Waals surface area contributed by atoms with Gasteiger partial charge in [-0.2, -0.15) is 31.6 Å². The smallest absolute Gasteiger partial charge is 0.376 e. The van der Waals surface area contributed by atoms with Gasteiger partial charge in [0.25, 0.3) is 0 Å². The van der Waals surface area contributed by atoms with Crippen LogP contribution in [0.3, 0.4) is 0 Å². The van der Waals surface area contributed by atoms with Crippen molar-refractivity contribution in [2.75, 3.05) is 29.9 Å². The molecule has 1 saturated carbocycles. The highest BCUT2D eigenvalue weighted by Crippen LogP contribution is 2.48. The molecule has 1 aliphatic carbocycles. The molecule has 2 aliphatic rings. The second-order valence-corrected chi connectivity index (χ2v) is 13.5. The number of hydrogen-bond acceptors (Lipinski definition) is 6. The summed E-state index contributed by atoms with van der Waals surface area (Å²) in [4.78, 5) is 28.4.